The lowest BCUT2D eigenvalue weighted by molar-refractivity contribution is -0.167. The Hall–Kier alpha value is -1.35. The summed E-state index contributed by atoms with van der Waals surface area (Å²) in [5.74, 6) is 1.71. The number of carbonyl (C=O) groups excluding carboxylic acids is 1. The molecule has 1 amide bonds. The molecular weight excluding hydrogens is 380 g/mol. The molecule has 1 atom stereocenters. The van der Waals surface area contributed by atoms with E-state index in [1.54, 1.807) is 6.20 Å². The molecule has 158 valence electrons. The zero-order valence-corrected chi connectivity index (χ0v) is 17.9. The van der Waals surface area contributed by atoms with Crippen LogP contribution in [-0.2, 0) is 25.4 Å². The van der Waals surface area contributed by atoms with Gasteiger partial charge in [0.05, 0.1) is 18.2 Å². The van der Waals surface area contributed by atoms with E-state index in [2.05, 4.69) is 24.5 Å². The molecule has 0 N–H and O–H groups in total. The van der Waals surface area contributed by atoms with Crippen molar-refractivity contribution in [2.45, 2.75) is 51.4 Å². The molecule has 2 rings (SSSR count). The molecule has 1 saturated carbocycles. The average molecular weight is 413 g/mol. The minimum absolute atomic E-state index is 0.0697. The van der Waals surface area contributed by atoms with E-state index in [0.29, 0.717) is 11.4 Å². The molecule has 0 aromatic carbocycles. The first-order valence-corrected chi connectivity index (χ1v) is 10.3. The minimum atomic E-state index is -0.542. The van der Waals surface area contributed by atoms with Crippen molar-refractivity contribution in [3.63, 3.8) is 0 Å². The van der Waals surface area contributed by atoms with E-state index in [0.717, 1.165) is 24.5 Å². The van der Waals surface area contributed by atoms with Crippen LogP contribution in [0.3, 0.4) is 0 Å². The van der Waals surface area contributed by atoms with E-state index in [-0.39, 0.29) is 32.0 Å². The molecule has 28 heavy (non-hydrogen) atoms. The van der Waals surface area contributed by atoms with Crippen molar-refractivity contribution in [1.82, 2.24) is 9.88 Å². The zero-order valence-electron chi connectivity index (χ0n) is 17.0. The van der Waals surface area contributed by atoms with E-state index < -0.39 is 6.23 Å². The van der Waals surface area contributed by atoms with E-state index in [1.807, 2.05) is 12.1 Å². The number of amides is 1. The van der Waals surface area contributed by atoms with Gasteiger partial charge in [-0.3, -0.25) is 14.7 Å². The molecule has 8 heteroatoms. The van der Waals surface area contributed by atoms with Crippen molar-refractivity contribution >= 4 is 18.5 Å². The smallest absolute Gasteiger partial charge is 0.232 e. The van der Waals surface area contributed by atoms with Gasteiger partial charge in [0.25, 0.3) is 0 Å². The molecule has 0 bridgehead atoms. The topological polar surface area (TPSA) is 70.1 Å². The Kier molecular flexibility index (Phi) is 10.0. The Balaban J connectivity index is 1.98. The molecule has 7 nitrogen and oxygen atoms in total. The monoisotopic (exact) mass is 412 g/mol. The number of pyridine rings is 1. The third kappa shape index (κ3) is 7.24. The predicted molar refractivity (Wildman–Crippen MR) is 109 cm³/mol. The second-order valence-corrected chi connectivity index (χ2v) is 7.52. The number of methoxy groups -OCH3 is 2. The standard InChI is InChI=1S/C20H32N2O5S/c1-15-4-6-17(7-5-15)27-18-8-9-21-16(10-18)11-19(23)22(13-24-2)20(12-28)26-14-25-3/h8-10,15,17,20,28H,4-7,11-14H2,1-3H3/t15-,17-,20-/m1/s1. The number of carbonyl (C=O) groups is 1. The highest BCUT2D eigenvalue weighted by Crippen LogP contribution is 2.27. The number of rotatable bonds is 11. The maximum atomic E-state index is 12.8. The van der Waals surface area contributed by atoms with Crippen molar-refractivity contribution in [2.75, 3.05) is 33.5 Å². The molecule has 1 aliphatic rings. The fourth-order valence-corrected chi connectivity index (χ4v) is 3.57. The first kappa shape index (κ1) is 22.9. The van der Waals surface area contributed by atoms with E-state index in [9.17, 15) is 4.79 Å². The summed E-state index contributed by atoms with van der Waals surface area (Å²) >= 11 is 4.27. The van der Waals surface area contributed by atoms with Crippen LogP contribution in [0.25, 0.3) is 0 Å². The molecule has 0 spiro atoms. The van der Waals surface area contributed by atoms with Gasteiger partial charge in [-0.1, -0.05) is 6.92 Å². The second-order valence-electron chi connectivity index (χ2n) is 7.15. The summed E-state index contributed by atoms with van der Waals surface area (Å²) in [7, 11) is 3.06. The van der Waals surface area contributed by atoms with E-state index in [4.69, 9.17) is 18.9 Å². The molecule has 0 radical (unpaired) electrons. The fraction of sp³-hybridized carbons (Fsp3) is 0.700. The second kappa shape index (κ2) is 12.3. The maximum Gasteiger partial charge on any atom is 0.232 e. The van der Waals surface area contributed by atoms with Gasteiger partial charge >= 0.3 is 0 Å². The van der Waals surface area contributed by atoms with Crippen LogP contribution >= 0.6 is 12.6 Å². The fourth-order valence-electron chi connectivity index (χ4n) is 3.26. The van der Waals surface area contributed by atoms with Crippen LogP contribution in [0.4, 0.5) is 0 Å². The SMILES string of the molecule is COCO[C@H](CS)N(COC)C(=O)Cc1cc(O[C@H]2CC[C@H](C)CC2)ccn1. The van der Waals surface area contributed by atoms with Crippen LogP contribution in [0, 0.1) is 5.92 Å². The lowest BCUT2D eigenvalue weighted by Gasteiger charge is -2.29. The van der Waals surface area contributed by atoms with E-state index in [1.165, 1.54) is 32.0 Å². The maximum absolute atomic E-state index is 12.8. The summed E-state index contributed by atoms with van der Waals surface area (Å²) in [4.78, 5) is 18.6. The number of nitrogens with zero attached hydrogens (tertiary/aromatic N) is 2. The van der Waals surface area contributed by atoms with Gasteiger partial charge in [0.1, 0.15) is 25.5 Å². The lowest BCUT2D eigenvalue weighted by Crippen LogP contribution is -2.45. The van der Waals surface area contributed by atoms with Gasteiger partial charge in [0, 0.05) is 32.2 Å². The molecule has 1 heterocycles. The number of ether oxygens (including phenoxy) is 4. The molecule has 0 saturated heterocycles. The van der Waals surface area contributed by atoms with Crippen molar-refractivity contribution in [2.24, 2.45) is 5.92 Å². The summed E-state index contributed by atoms with van der Waals surface area (Å²) < 4.78 is 21.7. The van der Waals surface area contributed by atoms with E-state index >= 15 is 0 Å². The highest BCUT2D eigenvalue weighted by atomic mass is 32.1. The summed E-state index contributed by atoms with van der Waals surface area (Å²) in [6.45, 7) is 2.46. The van der Waals surface area contributed by atoms with Crippen LogP contribution in [0.1, 0.15) is 38.3 Å². The van der Waals surface area contributed by atoms with Crippen LogP contribution in [-0.4, -0.2) is 61.6 Å². The van der Waals surface area contributed by atoms with Gasteiger partial charge in [0.15, 0.2) is 0 Å². The van der Waals surface area contributed by atoms with Gasteiger partial charge in [-0.05, 0) is 37.7 Å². The van der Waals surface area contributed by atoms with Gasteiger partial charge in [-0.25, -0.2) is 0 Å². The highest BCUT2D eigenvalue weighted by molar-refractivity contribution is 7.80. The molecule has 0 aliphatic heterocycles. The third-order valence-corrected chi connectivity index (χ3v) is 5.17. The molecule has 1 aliphatic carbocycles. The molecule has 1 aromatic heterocycles. The predicted octanol–water partition coefficient (Wildman–Crippen LogP) is 2.89. The summed E-state index contributed by atoms with van der Waals surface area (Å²) in [6.07, 6.45) is 6.03. The Bertz CT molecular complexity index is 596. The number of hydrogen-bond donors (Lipinski definition) is 1. The summed E-state index contributed by atoms with van der Waals surface area (Å²) in [5, 5.41) is 0. The van der Waals surface area contributed by atoms with Gasteiger partial charge in [-0.2, -0.15) is 12.6 Å². The molecule has 1 fully saturated rings. The van der Waals surface area contributed by atoms with Crippen LogP contribution in [0.5, 0.6) is 5.75 Å². The minimum Gasteiger partial charge on any atom is -0.490 e. The molecule has 1 aromatic rings. The number of aromatic nitrogens is 1. The first-order valence-electron chi connectivity index (χ1n) is 9.68. The summed E-state index contributed by atoms with van der Waals surface area (Å²) in [6, 6.07) is 3.68. The zero-order chi connectivity index (χ0) is 20.4. The third-order valence-electron chi connectivity index (χ3n) is 4.86. The Labute approximate surface area is 173 Å². The Morgan fingerprint density at radius 2 is 2.04 bits per heavy atom. The van der Waals surface area contributed by atoms with Crippen molar-refractivity contribution < 1.29 is 23.7 Å². The van der Waals surface area contributed by atoms with Crippen LogP contribution in [0.15, 0.2) is 18.3 Å². The average Bonchev–Trinajstić information content (AvgIpc) is 2.69. The number of thiol groups is 1. The lowest BCUT2D eigenvalue weighted by atomic mass is 9.89. The van der Waals surface area contributed by atoms with Crippen molar-refractivity contribution in [1.29, 1.82) is 0 Å². The van der Waals surface area contributed by atoms with Gasteiger partial charge < -0.3 is 18.9 Å². The van der Waals surface area contributed by atoms with Gasteiger partial charge in [-0.15, -0.1) is 0 Å². The van der Waals surface area contributed by atoms with Crippen molar-refractivity contribution in [3.8, 4) is 5.75 Å². The largest absolute Gasteiger partial charge is 0.490 e. The van der Waals surface area contributed by atoms with Crippen LogP contribution < -0.4 is 4.74 Å². The molecular formula is C20H32N2O5S. The van der Waals surface area contributed by atoms with Gasteiger partial charge in [0.2, 0.25) is 5.91 Å². The summed E-state index contributed by atoms with van der Waals surface area (Å²) in [5.41, 5.74) is 0.650. The van der Waals surface area contributed by atoms with Crippen molar-refractivity contribution in [3.05, 3.63) is 24.0 Å². The first-order chi connectivity index (χ1) is 13.6. The number of hydrogen-bond acceptors (Lipinski definition) is 7. The normalized spacial score (nSPS) is 20.6. The highest BCUT2D eigenvalue weighted by Gasteiger charge is 2.24. The Morgan fingerprint density at radius 3 is 2.68 bits per heavy atom. The molecule has 0 unspecified atom stereocenters. The Morgan fingerprint density at radius 1 is 1.29 bits per heavy atom. The quantitative estimate of drug-likeness (QED) is 0.445. The van der Waals surface area contributed by atoms with Crippen LogP contribution in [0.2, 0.25) is 0 Å².